The Hall–Kier alpha value is -1.60. The molecule has 0 spiro atoms. The van der Waals surface area contributed by atoms with Gasteiger partial charge >= 0.3 is 0 Å². The van der Waals surface area contributed by atoms with Gasteiger partial charge in [0.05, 0.1) is 0 Å². The molecule has 1 unspecified atom stereocenters. The molecule has 0 aliphatic carbocycles. The average Bonchev–Trinajstić information content (AvgIpc) is 2.74. The van der Waals surface area contributed by atoms with Crippen molar-refractivity contribution in [2.24, 2.45) is 0 Å². The van der Waals surface area contributed by atoms with E-state index in [2.05, 4.69) is 4.98 Å². The third kappa shape index (κ3) is 2.38. The summed E-state index contributed by atoms with van der Waals surface area (Å²) in [5.74, 6) is 0.0340. The summed E-state index contributed by atoms with van der Waals surface area (Å²) >= 11 is 0. The van der Waals surface area contributed by atoms with Crippen LogP contribution in [0.15, 0.2) is 29.4 Å². The van der Waals surface area contributed by atoms with Crippen molar-refractivity contribution in [1.29, 1.82) is 0 Å². The van der Waals surface area contributed by atoms with Crippen LogP contribution in [-0.2, 0) is 10.0 Å². The van der Waals surface area contributed by atoms with E-state index in [9.17, 15) is 8.42 Å². The molecule has 2 rings (SSSR count). The first kappa shape index (κ1) is 14.8. The number of aromatic nitrogens is 2. The van der Waals surface area contributed by atoms with Gasteiger partial charge in [0, 0.05) is 19.3 Å². The molecule has 110 valence electrons. The van der Waals surface area contributed by atoms with Crippen molar-refractivity contribution in [2.45, 2.75) is 37.8 Å². The number of nitrogens with zero attached hydrogens (tertiary/aromatic N) is 3. The smallest absolute Gasteiger partial charge is 0.262 e. The third-order valence-corrected chi connectivity index (χ3v) is 5.47. The van der Waals surface area contributed by atoms with Crippen LogP contribution < -0.4 is 5.73 Å². The van der Waals surface area contributed by atoms with Gasteiger partial charge in [0.1, 0.15) is 5.65 Å². The van der Waals surface area contributed by atoms with Gasteiger partial charge in [-0.1, -0.05) is 19.4 Å². The highest BCUT2D eigenvalue weighted by atomic mass is 32.2. The highest BCUT2D eigenvalue weighted by molar-refractivity contribution is 7.89. The third-order valence-electron chi connectivity index (χ3n) is 3.46. The van der Waals surface area contributed by atoms with Crippen molar-refractivity contribution in [3.63, 3.8) is 0 Å². The molecule has 2 heterocycles. The summed E-state index contributed by atoms with van der Waals surface area (Å²) in [6.07, 6.45) is 3.37. The van der Waals surface area contributed by atoms with E-state index in [0.29, 0.717) is 5.65 Å². The minimum atomic E-state index is -3.67. The van der Waals surface area contributed by atoms with Crippen LogP contribution in [0.5, 0.6) is 0 Å². The minimum absolute atomic E-state index is 0.0340. The number of hydrogen-bond acceptors (Lipinski definition) is 4. The zero-order valence-electron chi connectivity index (χ0n) is 11.9. The Morgan fingerprint density at radius 2 is 2.15 bits per heavy atom. The van der Waals surface area contributed by atoms with Crippen LogP contribution in [0.4, 0.5) is 5.82 Å². The van der Waals surface area contributed by atoms with Crippen LogP contribution >= 0.6 is 0 Å². The number of nitrogens with two attached hydrogens (primary N) is 1. The highest BCUT2D eigenvalue weighted by Crippen LogP contribution is 2.24. The van der Waals surface area contributed by atoms with Gasteiger partial charge < -0.3 is 5.73 Å². The number of rotatable bonds is 5. The number of nitrogen functional groups attached to an aromatic ring is 1. The second-order valence-corrected chi connectivity index (χ2v) is 6.80. The van der Waals surface area contributed by atoms with Gasteiger partial charge in [-0.2, -0.15) is 4.31 Å². The van der Waals surface area contributed by atoms with Crippen molar-refractivity contribution in [1.82, 2.24) is 13.7 Å². The molecule has 0 fully saturated rings. The summed E-state index contributed by atoms with van der Waals surface area (Å²) in [4.78, 5) is 4.10. The molecule has 0 bridgehead atoms. The van der Waals surface area contributed by atoms with Crippen molar-refractivity contribution in [3.8, 4) is 0 Å². The molecule has 0 saturated heterocycles. The van der Waals surface area contributed by atoms with Crippen LogP contribution in [-0.4, -0.2) is 35.2 Å². The number of imidazole rings is 1. The number of sulfonamides is 1. The summed E-state index contributed by atoms with van der Waals surface area (Å²) in [6.45, 7) is 3.92. The maximum absolute atomic E-state index is 12.7. The lowest BCUT2D eigenvalue weighted by Gasteiger charge is -2.23. The van der Waals surface area contributed by atoms with E-state index in [1.54, 1.807) is 31.4 Å². The lowest BCUT2D eigenvalue weighted by molar-refractivity contribution is 0.367. The fourth-order valence-corrected chi connectivity index (χ4v) is 3.79. The van der Waals surface area contributed by atoms with Crippen molar-refractivity contribution >= 4 is 21.5 Å². The van der Waals surface area contributed by atoms with Crippen molar-refractivity contribution in [2.75, 3.05) is 12.8 Å². The van der Waals surface area contributed by atoms with Gasteiger partial charge in [-0.15, -0.1) is 0 Å². The molecular formula is C13H20N4O2S. The number of pyridine rings is 1. The van der Waals surface area contributed by atoms with Gasteiger partial charge in [-0.3, -0.25) is 4.40 Å². The number of fused-ring (bicyclic) bond motifs is 1. The monoisotopic (exact) mass is 296 g/mol. The fraction of sp³-hybridized carbons (Fsp3) is 0.462. The van der Waals surface area contributed by atoms with Gasteiger partial charge in [0.25, 0.3) is 10.0 Å². The van der Waals surface area contributed by atoms with E-state index in [1.165, 1.54) is 8.71 Å². The minimum Gasteiger partial charge on any atom is -0.381 e. The molecule has 2 aromatic heterocycles. The van der Waals surface area contributed by atoms with E-state index >= 15 is 0 Å². The zero-order chi connectivity index (χ0) is 14.9. The highest BCUT2D eigenvalue weighted by Gasteiger charge is 2.30. The molecule has 0 aliphatic rings. The Morgan fingerprint density at radius 1 is 1.45 bits per heavy atom. The molecule has 0 aromatic carbocycles. The lowest BCUT2D eigenvalue weighted by Crippen LogP contribution is -2.36. The Labute approximate surface area is 119 Å². The topological polar surface area (TPSA) is 80.7 Å². The standard InChI is InChI=1S/C13H20N4O2S/c1-4-7-10(2)16(3)20(18,19)13-12(14)15-11-8-5-6-9-17(11)13/h5-6,8-10H,4,7,14H2,1-3H3. The Balaban J connectivity index is 2.54. The molecule has 0 aliphatic heterocycles. The normalized spacial score (nSPS) is 14.0. The Bertz CT molecular complexity index is 708. The van der Waals surface area contributed by atoms with Gasteiger partial charge in [0.2, 0.25) is 0 Å². The molecular weight excluding hydrogens is 276 g/mol. The summed E-state index contributed by atoms with van der Waals surface area (Å²) < 4.78 is 28.3. The summed E-state index contributed by atoms with van der Waals surface area (Å²) in [5.41, 5.74) is 6.34. The van der Waals surface area contributed by atoms with Crippen molar-refractivity contribution < 1.29 is 8.42 Å². The number of hydrogen-bond donors (Lipinski definition) is 1. The molecule has 0 radical (unpaired) electrons. The molecule has 1 atom stereocenters. The van der Waals surface area contributed by atoms with E-state index in [-0.39, 0.29) is 16.9 Å². The molecule has 0 amide bonds. The van der Waals surface area contributed by atoms with Crippen LogP contribution in [0.2, 0.25) is 0 Å². The second kappa shape index (κ2) is 5.41. The first-order valence-electron chi connectivity index (χ1n) is 6.60. The quantitative estimate of drug-likeness (QED) is 0.911. The molecule has 0 saturated carbocycles. The van der Waals surface area contributed by atoms with Gasteiger partial charge in [-0.05, 0) is 25.5 Å². The van der Waals surface area contributed by atoms with E-state index in [0.717, 1.165) is 12.8 Å². The van der Waals surface area contributed by atoms with Crippen LogP contribution in [0, 0.1) is 0 Å². The SMILES string of the molecule is CCCC(C)N(C)S(=O)(=O)c1c(N)nc2ccccn12. The van der Waals surface area contributed by atoms with Crippen LogP contribution in [0.3, 0.4) is 0 Å². The van der Waals surface area contributed by atoms with Crippen molar-refractivity contribution in [3.05, 3.63) is 24.4 Å². The summed E-state index contributed by atoms with van der Waals surface area (Å²) in [5, 5.41) is 0.0403. The predicted molar refractivity (Wildman–Crippen MR) is 78.9 cm³/mol. The van der Waals surface area contributed by atoms with Crippen LogP contribution in [0.25, 0.3) is 5.65 Å². The molecule has 6 nitrogen and oxygen atoms in total. The zero-order valence-corrected chi connectivity index (χ0v) is 12.8. The average molecular weight is 296 g/mol. The number of anilines is 1. The Morgan fingerprint density at radius 3 is 2.80 bits per heavy atom. The van der Waals surface area contributed by atoms with Gasteiger partial charge in [0.15, 0.2) is 10.8 Å². The van der Waals surface area contributed by atoms with E-state index < -0.39 is 10.0 Å². The maximum Gasteiger partial charge on any atom is 0.262 e. The largest absolute Gasteiger partial charge is 0.381 e. The van der Waals surface area contributed by atoms with E-state index in [1.807, 2.05) is 13.8 Å². The molecule has 2 aromatic rings. The fourth-order valence-electron chi connectivity index (χ4n) is 2.22. The summed E-state index contributed by atoms with van der Waals surface area (Å²) in [6, 6.07) is 5.19. The first-order valence-corrected chi connectivity index (χ1v) is 8.04. The van der Waals surface area contributed by atoms with Crippen LogP contribution in [0.1, 0.15) is 26.7 Å². The molecule has 20 heavy (non-hydrogen) atoms. The summed E-state index contributed by atoms with van der Waals surface area (Å²) in [7, 11) is -2.08. The van der Waals surface area contributed by atoms with Gasteiger partial charge in [-0.25, -0.2) is 13.4 Å². The predicted octanol–water partition coefficient (Wildman–Crippen LogP) is 1.73. The second-order valence-electron chi connectivity index (χ2n) is 4.89. The first-order chi connectivity index (χ1) is 9.39. The molecule has 2 N–H and O–H groups in total. The molecule has 7 heteroatoms. The Kier molecular flexibility index (Phi) is 4.01. The van der Waals surface area contributed by atoms with E-state index in [4.69, 9.17) is 5.73 Å². The maximum atomic E-state index is 12.7. The lowest BCUT2D eigenvalue weighted by atomic mass is 10.2.